The molecule has 0 aliphatic carbocycles. The van der Waals surface area contributed by atoms with Gasteiger partial charge in [-0.25, -0.2) is 17.2 Å². The Hall–Kier alpha value is -2.43. The first-order valence-electron chi connectivity index (χ1n) is 10.7. The Morgan fingerprint density at radius 1 is 1.03 bits per heavy atom. The molecule has 0 fully saturated rings. The first-order chi connectivity index (χ1) is 16.2. The lowest BCUT2D eigenvalue weighted by atomic mass is 10.1. The Morgan fingerprint density at radius 3 is 2.23 bits per heavy atom. The van der Waals surface area contributed by atoms with Gasteiger partial charge < -0.3 is 10.2 Å². The van der Waals surface area contributed by atoms with Gasteiger partial charge in [0.2, 0.25) is 21.8 Å². The Balaban J connectivity index is 2.43. The first-order valence-corrected chi connectivity index (χ1v) is 13.3. The van der Waals surface area contributed by atoms with Crippen molar-refractivity contribution in [3.05, 3.63) is 63.6 Å². The van der Waals surface area contributed by atoms with Crippen LogP contribution < -0.4 is 9.62 Å². The number of hydrogen-bond acceptors (Lipinski definition) is 4. The lowest BCUT2D eigenvalue weighted by Gasteiger charge is -2.32. The second-order valence-electron chi connectivity index (χ2n) is 8.13. The van der Waals surface area contributed by atoms with Crippen molar-refractivity contribution < 1.29 is 26.8 Å². The summed E-state index contributed by atoms with van der Waals surface area (Å²) in [6.07, 6.45) is 1.50. The van der Waals surface area contributed by atoms with E-state index in [1.807, 2.05) is 13.8 Å². The maximum atomic E-state index is 13.8. The molecule has 12 heteroatoms. The third kappa shape index (κ3) is 7.78. The molecule has 192 valence electrons. The molecule has 35 heavy (non-hydrogen) atoms. The van der Waals surface area contributed by atoms with Crippen molar-refractivity contribution in [1.29, 1.82) is 0 Å². The van der Waals surface area contributed by atoms with Crippen LogP contribution in [0.3, 0.4) is 0 Å². The Kier molecular flexibility index (Phi) is 9.88. The molecule has 0 unspecified atom stereocenters. The highest BCUT2D eigenvalue weighted by atomic mass is 35.5. The summed E-state index contributed by atoms with van der Waals surface area (Å²) in [5, 5.41) is 3.34. The zero-order chi connectivity index (χ0) is 26.5. The summed E-state index contributed by atoms with van der Waals surface area (Å²) in [5.74, 6) is -3.60. The summed E-state index contributed by atoms with van der Waals surface area (Å²) in [7, 11) is -4.07. The Bertz CT molecular complexity index is 1200. The molecule has 0 radical (unpaired) electrons. The fraction of sp³-hybridized carbons (Fsp3) is 0.391. The topological polar surface area (TPSA) is 86.8 Å². The van der Waals surface area contributed by atoms with Crippen LogP contribution in [0.4, 0.5) is 14.5 Å². The number of benzene rings is 2. The van der Waals surface area contributed by atoms with Crippen LogP contribution in [0, 0.1) is 11.6 Å². The minimum absolute atomic E-state index is 0.0831. The van der Waals surface area contributed by atoms with Gasteiger partial charge in [0.05, 0.1) is 22.0 Å². The van der Waals surface area contributed by atoms with Crippen LogP contribution in [0.25, 0.3) is 0 Å². The van der Waals surface area contributed by atoms with Gasteiger partial charge in [-0.05, 0) is 50.1 Å². The number of anilines is 1. The van der Waals surface area contributed by atoms with E-state index in [9.17, 15) is 26.8 Å². The summed E-state index contributed by atoms with van der Waals surface area (Å²) in [6, 6.07) is 6.06. The van der Waals surface area contributed by atoms with Crippen molar-refractivity contribution >= 4 is 50.7 Å². The second kappa shape index (κ2) is 12.0. The van der Waals surface area contributed by atoms with Crippen LogP contribution in [-0.4, -0.2) is 50.0 Å². The largest absolute Gasteiger partial charge is 0.352 e. The molecule has 0 aliphatic rings. The maximum Gasteiger partial charge on any atom is 0.244 e. The number of nitrogens with zero attached hydrogens (tertiary/aromatic N) is 2. The number of carbonyl (C=O) groups excluding carboxylic acids is 2. The highest BCUT2D eigenvalue weighted by Crippen LogP contribution is 2.25. The number of halogens is 4. The second-order valence-corrected chi connectivity index (χ2v) is 10.9. The van der Waals surface area contributed by atoms with Crippen LogP contribution in [0.1, 0.15) is 32.8 Å². The van der Waals surface area contributed by atoms with Crippen LogP contribution in [-0.2, 0) is 26.2 Å². The Morgan fingerprint density at radius 2 is 1.69 bits per heavy atom. The van der Waals surface area contributed by atoms with E-state index < -0.39 is 46.1 Å². The predicted molar refractivity (Wildman–Crippen MR) is 133 cm³/mol. The SMILES string of the molecule is CC[C@@H](C)NC(=O)[C@@H](C)N(Cc1ccc(Cl)c(Cl)c1)C(=O)CN(c1ccc(F)c(F)c1)S(C)(=O)=O. The molecule has 0 bridgehead atoms. The molecular formula is C23H27Cl2F2N3O4S. The number of rotatable bonds is 10. The minimum Gasteiger partial charge on any atom is -0.352 e. The van der Waals surface area contributed by atoms with Gasteiger partial charge in [-0.3, -0.25) is 13.9 Å². The first kappa shape index (κ1) is 28.8. The van der Waals surface area contributed by atoms with Gasteiger partial charge in [0, 0.05) is 18.7 Å². The lowest BCUT2D eigenvalue weighted by molar-refractivity contribution is -0.139. The third-order valence-corrected chi connectivity index (χ3v) is 7.26. The van der Waals surface area contributed by atoms with Gasteiger partial charge in [-0.1, -0.05) is 36.2 Å². The van der Waals surface area contributed by atoms with Crippen LogP contribution in [0.15, 0.2) is 36.4 Å². The number of sulfonamides is 1. The summed E-state index contributed by atoms with van der Waals surface area (Å²) < 4.78 is 52.7. The molecule has 2 atom stereocenters. The van der Waals surface area contributed by atoms with Gasteiger partial charge >= 0.3 is 0 Å². The summed E-state index contributed by atoms with van der Waals surface area (Å²) in [4.78, 5) is 27.4. The molecule has 0 saturated heterocycles. The van der Waals surface area contributed by atoms with Crippen molar-refractivity contribution in [3.63, 3.8) is 0 Å². The molecule has 7 nitrogen and oxygen atoms in total. The van der Waals surface area contributed by atoms with E-state index in [2.05, 4.69) is 5.32 Å². The molecule has 2 rings (SSSR count). The van der Waals surface area contributed by atoms with Crippen LogP contribution in [0.5, 0.6) is 0 Å². The van der Waals surface area contributed by atoms with Crippen LogP contribution in [0.2, 0.25) is 10.0 Å². The minimum atomic E-state index is -4.07. The molecule has 0 heterocycles. The van der Waals surface area contributed by atoms with E-state index in [1.165, 1.54) is 24.0 Å². The number of nitrogens with one attached hydrogen (secondary N) is 1. The zero-order valence-electron chi connectivity index (χ0n) is 19.7. The van der Waals surface area contributed by atoms with Crippen molar-refractivity contribution in [1.82, 2.24) is 10.2 Å². The molecule has 2 aromatic rings. The fourth-order valence-electron chi connectivity index (χ4n) is 3.14. The average molecular weight is 550 g/mol. The van der Waals surface area contributed by atoms with Gasteiger partial charge in [-0.2, -0.15) is 0 Å². The summed E-state index contributed by atoms with van der Waals surface area (Å²) in [5.41, 5.74) is 0.320. The van der Waals surface area contributed by atoms with E-state index in [0.717, 1.165) is 18.4 Å². The highest BCUT2D eigenvalue weighted by Gasteiger charge is 2.30. The summed E-state index contributed by atoms with van der Waals surface area (Å²) in [6.45, 7) is 4.38. The van der Waals surface area contributed by atoms with Gasteiger partial charge in [0.25, 0.3) is 0 Å². The fourth-order valence-corrected chi connectivity index (χ4v) is 4.30. The zero-order valence-corrected chi connectivity index (χ0v) is 22.0. The normalized spacial score (nSPS) is 13.1. The molecule has 0 aromatic heterocycles. The maximum absolute atomic E-state index is 13.8. The monoisotopic (exact) mass is 549 g/mol. The number of hydrogen-bond donors (Lipinski definition) is 1. The van der Waals surface area contributed by atoms with E-state index in [1.54, 1.807) is 6.07 Å². The molecule has 0 spiro atoms. The highest BCUT2D eigenvalue weighted by molar-refractivity contribution is 7.92. The van der Waals surface area contributed by atoms with Gasteiger partial charge in [0.1, 0.15) is 12.6 Å². The predicted octanol–water partition coefficient (Wildman–Crippen LogP) is 4.37. The quantitative estimate of drug-likeness (QED) is 0.476. The van der Waals surface area contributed by atoms with E-state index in [-0.39, 0.29) is 23.3 Å². The molecular weight excluding hydrogens is 523 g/mol. The van der Waals surface area contributed by atoms with Crippen molar-refractivity contribution in [2.45, 2.75) is 45.8 Å². The van der Waals surface area contributed by atoms with Crippen molar-refractivity contribution in [2.24, 2.45) is 0 Å². The molecule has 2 amide bonds. The standard InChI is InChI=1S/C23H27Cl2F2N3O4S/c1-5-14(2)28-23(32)15(3)29(12-16-6-8-18(24)19(25)10-16)22(31)13-30(35(4,33)34)17-7-9-20(26)21(27)11-17/h6-11,14-15H,5,12-13H2,1-4H3,(H,28,32)/t14-,15-/m1/s1. The number of carbonyl (C=O) groups is 2. The van der Waals surface area contributed by atoms with Crippen LogP contribution >= 0.6 is 23.2 Å². The van der Waals surface area contributed by atoms with Crippen molar-refractivity contribution in [3.8, 4) is 0 Å². The van der Waals surface area contributed by atoms with Gasteiger partial charge in [0.15, 0.2) is 11.6 Å². The van der Waals surface area contributed by atoms with Crippen molar-refractivity contribution in [2.75, 3.05) is 17.1 Å². The van der Waals surface area contributed by atoms with E-state index in [4.69, 9.17) is 23.2 Å². The van der Waals surface area contributed by atoms with E-state index >= 15 is 0 Å². The molecule has 1 N–H and O–H groups in total. The molecule has 0 aliphatic heterocycles. The molecule has 0 saturated carbocycles. The van der Waals surface area contributed by atoms with E-state index in [0.29, 0.717) is 27.4 Å². The smallest absolute Gasteiger partial charge is 0.244 e. The number of amides is 2. The third-order valence-electron chi connectivity index (χ3n) is 5.38. The average Bonchev–Trinajstić information content (AvgIpc) is 2.78. The Labute approximate surface area is 214 Å². The lowest BCUT2D eigenvalue weighted by Crippen LogP contribution is -2.52. The summed E-state index contributed by atoms with van der Waals surface area (Å²) >= 11 is 12.1. The van der Waals surface area contributed by atoms with Gasteiger partial charge in [-0.15, -0.1) is 0 Å². The molecule has 2 aromatic carbocycles.